The molecule has 96 valence electrons. The lowest BCUT2D eigenvalue weighted by Crippen LogP contribution is -2.35. The van der Waals surface area contributed by atoms with Crippen LogP contribution in [0.4, 0.5) is 8.78 Å². The zero-order chi connectivity index (χ0) is 13.2. The highest BCUT2D eigenvalue weighted by atomic mass is 79.9. The van der Waals surface area contributed by atoms with Gasteiger partial charge in [0.25, 0.3) is 0 Å². The Labute approximate surface area is 107 Å². The lowest BCUT2D eigenvalue weighted by molar-refractivity contribution is -0.00853. The van der Waals surface area contributed by atoms with Crippen molar-refractivity contribution in [3.63, 3.8) is 0 Å². The predicted octanol–water partition coefficient (Wildman–Crippen LogP) is 2.65. The predicted molar refractivity (Wildman–Crippen MR) is 64.6 cm³/mol. The summed E-state index contributed by atoms with van der Waals surface area (Å²) in [5, 5.41) is 19.0. The van der Waals surface area contributed by atoms with Gasteiger partial charge in [-0.05, 0) is 26.3 Å². The molecule has 0 saturated carbocycles. The summed E-state index contributed by atoms with van der Waals surface area (Å²) < 4.78 is 26.8. The third-order valence-corrected chi connectivity index (χ3v) is 3.48. The van der Waals surface area contributed by atoms with Gasteiger partial charge in [0, 0.05) is 28.6 Å². The van der Waals surface area contributed by atoms with Crippen molar-refractivity contribution < 1.29 is 19.0 Å². The van der Waals surface area contributed by atoms with E-state index in [1.54, 1.807) is 13.8 Å². The molecule has 5 heteroatoms. The second kappa shape index (κ2) is 5.42. The van der Waals surface area contributed by atoms with Crippen molar-refractivity contribution in [3.8, 4) is 0 Å². The third kappa shape index (κ3) is 3.72. The number of hydrogen-bond acceptors (Lipinski definition) is 2. The van der Waals surface area contributed by atoms with Crippen molar-refractivity contribution >= 4 is 15.9 Å². The highest BCUT2D eigenvalue weighted by molar-refractivity contribution is 9.10. The van der Waals surface area contributed by atoms with Crippen LogP contribution < -0.4 is 0 Å². The minimum atomic E-state index is -1.13. The number of rotatable bonds is 4. The average molecular weight is 309 g/mol. The Balaban J connectivity index is 3.02. The number of aliphatic hydroxyl groups is 2. The first kappa shape index (κ1) is 14.5. The first-order valence-corrected chi connectivity index (χ1v) is 6.01. The Kier molecular flexibility index (Phi) is 4.63. The smallest absolute Gasteiger partial charge is 0.130 e. The summed E-state index contributed by atoms with van der Waals surface area (Å²) in [6.07, 6.45) is 0.132. The lowest BCUT2D eigenvalue weighted by Gasteiger charge is -2.28. The van der Waals surface area contributed by atoms with Gasteiger partial charge in [0.1, 0.15) is 11.6 Å². The molecule has 17 heavy (non-hydrogen) atoms. The van der Waals surface area contributed by atoms with E-state index in [0.717, 1.165) is 12.1 Å². The van der Waals surface area contributed by atoms with E-state index in [2.05, 4.69) is 15.9 Å². The topological polar surface area (TPSA) is 40.5 Å². The molecular weight excluding hydrogens is 294 g/mol. The molecule has 0 aliphatic heterocycles. The van der Waals surface area contributed by atoms with E-state index in [9.17, 15) is 19.0 Å². The maximum atomic E-state index is 13.6. The quantitative estimate of drug-likeness (QED) is 0.898. The van der Waals surface area contributed by atoms with Gasteiger partial charge in [0.15, 0.2) is 0 Å². The summed E-state index contributed by atoms with van der Waals surface area (Å²) in [5.74, 6) is -1.86. The van der Waals surface area contributed by atoms with Crippen LogP contribution in [0.3, 0.4) is 0 Å². The van der Waals surface area contributed by atoms with Crippen molar-refractivity contribution in [1.82, 2.24) is 0 Å². The van der Waals surface area contributed by atoms with Crippen LogP contribution in [0.1, 0.15) is 19.4 Å². The largest absolute Gasteiger partial charge is 0.396 e. The minimum Gasteiger partial charge on any atom is -0.396 e. The van der Waals surface area contributed by atoms with Crippen LogP contribution in [0.5, 0.6) is 0 Å². The molecule has 1 aromatic rings. The normalized spacial score (nSPS) is 13.8. The van der Waals surface area contributed by atoms with Gasteiger partial charge in [0.2, 0.25) is 0 Å². The molecule has 0 aromatic heterocycles. The van der Waals surface area contributed by atoms with Gasteiger partial charge in [-0.3, -0.25) is 0 Å². The molecule has 0 spiro atoms. The molecule has 0 heterocycles. The molecule has 2 nitrogen and oxygen atoms in total. The molecule has 0 amide bonds. The highest BCUT2D eigenvalue weighted by Crippen LogP contribution is 2.28. The fraction of sp³-hybridized carbons (Fsp3) is 0.500. The maximum absolute atomic E-state index is 13.6. The van der Waals surface area contributed by atoms with E-state index < -0.39 is 23.2 Å². The molecule has 0 saturated heterocycles. The van der Waals surface area contributed by atoms with Crippen LogP contribution in [0.25, 0.3) is 0 Å². The van der Waals surface area contributed by atoms with Crippen molar-refractivity contribution in [3.05, 3.63) is 33.8 Å². The van der Waals surface area contributed by atoms with Crippen LogP contribution in [0.2, 0.25) is 0 Å². The van der Waals surface area contributed by atoms with Gasteiger partial charge < -0.3 is 10.2 Å². The summed E-state index contributed by atoms with van der Waals surface area (Å²) >= 11 is 3.08. The lowest BCUT2D eigenvalue weighted by atomic mass is 9.86. The maximum Gasteiger partial charge on any atom is 0.130 e. The van der Waals surface area contributed by atoms with Gasteiger partial charge in [0.05, 0.1) is 5.60 Å². The second-order valence-electron chi connectivity index (χ2n) is 4.59. The number of hydrogen-bond donors (Lipinski definition) is 2. The fourth-order valence-corrected chi connectivity index (χ4v) is 2.12. The summed E-state index contributed by atoms with van der Waals surface area (Å²) in [6, 6.07) is 1.95. The van der Waals surface area contributed by atoms with Gasteiger partial charge in [-0.15, -0.1) is 0 Å². The van der Waals surface area contributed by atoms with Crippen LogP contribution in [0.15, 0.2) is 16.6 Å². The van der Waals surface area contributed by atoms with E-state index in [-0.39, 0.29) is 18.6 Å². The van der Waals surface area contributed by atoms with Crippen LogP contribution >= 0.6 is 15.9 Å². The molecule has 0 radical (unpaired) electrons. The van der Waals surface area contributed by atoms with Crippen molar-refractivity contribution in [2.75, 3.05) is 6.61 Å². The van der Waals surface area contributed by atoms with Crippen LogP contribution in [-0.2, 0) is 6.42 Å². The van der Waals surface area contributed by atoms with E-state index in [4.69, 9.17) is 0 Å². The Morgan fingerprint density at radius 3 is 2.35 bits per heavy atom. The van der Waals surface area contributed by atoms with E-state index in [0.29, 0.717) is 4.47 Å². The summed E-state index contributed by atoms with van der Waals surface area (Å²) in [6.45, 7) is 2.82. The fourth-order valence-electron chi connectivity index (χ4n) is 1.55. The molecule has 1 rings (SSSR count). The average Bonchev–Trinajstić information content (AvgIpc) is 2.14. The van der Waals surface area contributed by atoms with E-state index >= 15 is 0 Å². The Hall–Kier alpha value is -0.520. The number of aliphatic hydroxyl groups excluding tert-OH is 1. The first-order chi connectivity index (χ1) is 7.75. The van der Waals surface area contributed by atoms with Crippen molar-refractivity contribution in [2.24, 2.45) is 5.92 Å². The van der Waals surface area contributed by atoms with Gasteiger partial charge in [-0.2, -0.15) is 0 Å². The molecule has 1 atom stereocenters. The van der Waals surface area contributed by atoms with Crippen molar-refractivity contribution in [1.29, 1.82) is 0 Å². The standard InChI is InChI=1S/C12H15BrF2O2/c1-12(2,17)7(6-16)3-9-10(13)4-8(14)5-11(9)15/h4-5,7,16-17H,3,6H2,1-2H3. The van der Waals surface area contributed by atoms with E-state index in [1.807, 2.05) is 0 Å². The monoisotopic (exact) mass is 308 g/mol. The number of halogens is 3. The Bertz CT molecular complexity index is 379. The van der Waals surface area contributed by atoms with Crippen molar-refractivity contribution in [2.45, 2.75) is 25.9 Å². The second-order valence-corrected chi connectivity index (χ2v) is 5.44. The SMILES string of the molecule is CC(C)(O)C(CO)Cc1c(F)cc(F)cc1Br. The van der Waals surface area contributed by atoms with Crippen LogP contribution in [-0.4, -0.2) is 22.4 Å². The van der Waals surface area contributed by atoms with E-state index in [1.165, 1.54) is 0 Å². The Morgan fingerprint density at radius 1 is 1.35 bits per heavy atom. The zero-order valence-corrected chi connectivity index (χ0v) is 11.3. The van der Waals surface area contributed by atoms with Gasteiger partial charge >= 0.3 is 0 Å². The molecule has 0 fully saturated rings. The zero-order valence-electron chi connectivity index (χ0n) is 9.67. The molecule has 1 unspecified atom stereocenters. The Morgan fingerprint density at radius 2 is 1.94 bits per heavy atom. The highest BCUT2D eigenvalue weighted by Gasteiger charge is 2.28. The van der Waals surface area contributed by atoms with Crippen LogP contribution in [0, 0.1) is 17.6 Å². The summed E-state index contributed by atoms with van der Waals surface area (Å²) in [7, 11) is 0. The summed E-state index contributed by atoms with van der Waals surface area (Å²) in [5.41, 5.74) is -0.873. The van der Waals surface area contributed by atoms with Gasteiger partial charge in [-0.1, -0.05) is 15.9 Å². The number of benzene rings is 1. The first-order valence-electron chi connectivity index (χ1n) is 5.22. The molecule has 2 N–H and O–H groups in total. The molecule has 1 aromatic carbocycles. The van der Waals surface area contributed by atoms with Gasteiger partial charge in [-0.25, -0.2) is 8.78 Å². The molecule has 0 aliphatic rings. The molecule has 0 bridgehead atoms. The minimum absolute atomic E-state index is 0.132. The summed E-state index contributed by atoms with van der Waals surface area (Å²) in [4.78, 5) is 0. The molecular formula is C12H15BrF2O2. The molecule has 0 aliphatic carbocycles. The third-order valence-electron chi connectivity index (χ3n) is 2.78.